The molecule has 0 amide bonds. The normalized spacial score (nSPS) is 10.4. The maximum Gasteiger partial charge on any atom is 0.227 e. The first kappa shape index (κ1) is 14.7. The third-order valence-corrected chi connectivity index (χ3v) is 3.29. The van der Waals surface area contributed by atoms with Gasteiger partial charge in [-0.1, -0.05) is 6.92 Å². The second-order valence-corrected chi connectivity index (χ2v) is 5.11. The molecule has 0 unspecified atom stereocenters. The topological polar surface area (TPSA) is 47.0 Å². The first-order valence-electron chi connectivity index (χ1n) is 6.30. The van der Waals surface area contributed by atoms with E-state index in [0.29, 0.717) is 16.1 Å². The van der Waals surface area contributed by atoms with E-state index in [2.05, 4.69) is 38.1 Å². The summed E-state index contributed by atoms with van der Waals surface area (Å²) in [5.41, 5.74) is 0.821. The minimum Gasteiger partial charge on any atom is -0.439 e. The first-order chi connectivity index (χ1) is 9.61. The van der Waals surface area contributed by atoms with Crippen molar-refractivity contribution in [1.29, 1.82) is 0 Å². The number of hydrogen-bond donors (Lipinski definition) is 1. The molecule has 0 fully saturated rings. The predicted molar refractivity (Wildman–Crippen MR) is 79.7 cm³/mol. The third-order valence-electron chi connectivity index (χ3n) is 2.69. The Hall–Kier alpha value is -1.69. The van der Waals surface area contributed by atoms with Crippen LogP contribution in [0.2, 0.25) is 0 Å². The largest absolute Gasteiger partial charge is 0.439 e. The molecule has 0 atom stereocenters. The average Bonchev–Trinajstić information content (AvgIpc) is 2.44. The molecule has 1 aromatic carbocycles. The Labute approximate surface area is 125 Å². The van der Waals surface area contributed by atoms with Crippen LogP contribution in [0.15, 0.2) is 29.0 Å². The van der Waals surface area contributed by atoms with Crippen molar-refractivity contribution < 1.29 is 9.13 Å². The van der Waals surface area contributed by atoms with Gasteiger partial charge in [0, 0.05) is 6.54 Å². The first-order valence-corrected chi connectivity index (χ1v) is 7.09. The monoisotopic (exact) mass is 339 g/mol. The molecular formula is C14H15BrFN3O. The lowest BCUT2D eigenvalue weighted by Crippen LogP contribution is -2.05. The molecule has 20 heavy (non-hydrogen) atoms. The Morgan fingerprint density at radius 2 is 2.15 bits per heavy atom. The van der Waals surface area contributed by atoms with Crippen LogP contribution in [0.3, 0.4) is 0 Å². The van der Waals surface area contributed by atoms with E-state index in [9.17, 15) is 4.39 Å². The third kappa shape index (κ3) is 3.45. The highest BCUT2D eigenvalue weighted by Crippen LogP contribution is 2.28. The van der Waals surface area contributed by atoms with E-state index in [1.165, 1.54) is 12.4 Å². The maximum atomic E-state index is 13.2. The summed E-state index contributed by atoms with van der Waals surface area (Å²) in [4.78, 5) is 8.29. The Bertz CT molecular complexity index is 607. The zero-order valence-electron chi connectivity index (χ0n) is 11.3. The van der Waals surface area contributed by atoms with Gasteiger partial charge in [0.2, 0.25) is 5.88 Å². The van der Waals surface area contributed by atoms with Gasteiger partial charge < -0.3 is 10.1 Å². The van der Waals surface area contributed by atoms with Gasteiger partial charge in [-0.05, 0) is 47.5 Å². The molecule has 1 aromatic heterocycles. The van der Waals surface area contributed by atoms with Crippen LogP contribution >= 0.6 is 15.9 Å². The molecule has 0 saturated carbocycles. The molecule has 1 heterocycles. The zero-order valence-corrected chi connectivity index (χ0v) is 12.9. The second-order valence-electron chi connectivity index (χ2n) is 4.26. The number of benzene rings is 1. The van der Waals surface area contributed by atoms with Gasteiger partial charge in [0.05, 0.1) is 10.0 Å². The molecule has 1 N–H and O–H groups in total. The number of nitrogens with zero attached hydrogens (tertiary/aromatic N) is 2. The predicted octanol–water partition coefficient (Wildman–Crippen LogP) is 4.30. The summed E-state index contributed by atoms with van der Waals surface area (Å²) in [6.07, 6.45) is 2.45. The molecule has 4 nitrogen and oxygen atoms in total. The van der Waals surface area contributed by atoms with Crippen molar-refractivity contribution in [3.8, 4) is 11.6 Å². The molecule has 0 saturated heterocycles. The van der Waals surface area contributed by atoms with Crippen LogP contribution in [-0.4, -0.2) is 16.5 Å². The van der Waals surface area contributed by atoms with E-state index < -0.39 is 0 Å². The maximum absolute atomic E-state index is 13.2. The van der Waals surface area contributed by atoms with Gasteiger partial charge in [-0.2, -0.15) is 0 Å². The highest BCUT2D eigenvalue weighted by atomic mass is 79.9. The SMILES string of the molecule is CCCNc1ncnc(Oc2ccc(F)c(Br)c2)c1C. The molecule has 0 aliphatic carbocycles. The number of aromatic nitrogens is 2. The van der Waals surface area contributed by atoms with Crippen molar-refractivity contribution in [2.75, 3.05) is 11.9 Å². The summed E-state index contributed by atoms with van der Waals surface area (Å²) in [5.74, 6) is 1.39. The van der Waals surface area contributed by atoms with Crippen molar-refractivity contribution in [1.82, 2.24) is 9.97 Å². The van der Waals surface area contributed by atoms with E-state index in [-0.39, 0.29) is 5.82 Å². The lowest BCUT2D eigenvalue weighted by Gasteiger charge is -2.11. The van der Waals surface area contributed by atoms with Crippen LogP contribution in [-0.2, 0) is 0 Å². The lowest BCUT2D eigenvalue weighted by atomic mass is 10.3. The van der Waals surface area contributed by atoms with E-state index >= 15 is 0 Å². The fourth-order valence-corrected chi connectivity index (χ4v) is 1.97. The Balaban J connectivity index is 2.22. The van der Waals surface area contributed by atoms with Gasteiger partial charge in [0.25, 0.3) is 0 Å². The molecule has 0 aliphatic rings. The van der Waals surface area contributed by atoms with Crippen molar-refractivity contribution in [2.45, 2.75) is 20.3 Å². The van der Waals surface area contributed by atoms with Gasteiger partial charge >= 0.3 is 0 Å². The number of anilines is 1. The lowest BCUT2D eigenvalue weighted by molar-refractivity contribution is 0.455. The van der Waals surface area contributed by atoms with Crippen LogP contribution in [0.1, 0.15) is 18.9 Å². The van der Waals surface area contributed by atoms with E-state index in [0.717, 1.165) is 24.3 Å². The summed E-state index contributed by atoms with van der Waals surface area (Å²) >= 11 is 3.13. The summed E-state index contributed by atoms with van der Waals surface area (Å²) in [6.45, 7) is 4.79. The number of hydrogen-bond acceptors (Lipinski definition) is 4. The van der Waals surface area contributed by atoms with Crippen LogP contribution in [0.25, 0.3) is 0 Å². The Morgan fingerprint density at radius 1 is 1.35 bits per heavy atom. The molecule has 0 radical (unpaired) electrons. The van der Waals surface area contributed by atoms with Gasteiger partial charge in [-0.3, -0.25) is 0 Å². The van der Waals surface area contributed by atoms with Gasteiger partial charge in [0.1, 0.15) is 23.7 Å². The van der Waals surface area contributed by atoms with Crippen LogP contribution in [0.5, 0.6) is 11.6 Å². The molecule has 0 aliphatic heterocycles. The summed E-state index contributed by atoms with van der Waals surface area (Å²) in [7, 11) is 0. The highest BCUT2D eigenvalue weighted by molar-refractivity contribution is 9.10. The molecule has 2 aromatic rings. The molecular weight excluding hydrogens is 325 g/mol. The molecule has 0 bridgehead atoms. The van der Waals surface area contributed by atoms with Gasteiger partial charge in [0.15, 0.2) is 0 Å². The van der Waals surface area contributed by atoms with E-state index in [4.69, 9.17) is 4.74 Å². The minimum atomic E-state index is -0.331. The van der Waals surface area contributed by atoms with Crippen molar-refractivity contribution in [2.24, 2.45) is 0 Å². The summed E-state index contributed by atoms with van der Waals surface area (Å²) < 4.78 is 19.2. The zero-order chi connectivity index (χ0) is 14.5. The van der Waals surface area contributed by atoms with Crippen molar-refractivity contribution in [3.63, 3.8) is 0 Å². The molecule has 6 heteroatoms. The minimum absolute atomic E-state index is 0.331. The Kier molecular flexibility index (Phi) is 4.89. The van der Waals surface area contributed by atoms with Crippen molar-refractivity contribution in [3.05, 3.63) is 40.4 Å². The number of ether oxygens (including phenoxy) is 1. The van der Waals surface area contributed by atoms with Crippen LogP contribution in [0, 0.1) is 12.7 Å². The second kappa shape index (κ2) is 6.65. The van der Waals surface area contributed by atoms with E-state index in [1.54, 1.807) is 12.1 Å². The average molecular weight is 340 g/mol. The molecule has 0 spiro atoms. The standard InChI is InChI=1S/C14H15BrFN3O/c1-3-6-17-13-9(2)14(19-8-18-13)20-10-4-5-12(16)11(15)7-10/h4-5,7-8H,3,6H2,1-2H3,(H,17,18,19). The fourth-order valence-electron chi connectivity index (χ4n) is 1.61. The summed E-state index contributed by atoms with van der Waals surface area (Å²) in [6, 6.07) is 4.46. The smallest absolute Gasteiger partial charge is 0.227 e. The molecule has 2 rings (SSSR count). The number of halogens is 2. The quantitative estimate of drug-likeness (QED) is 0.882. The van der Waals surface area contributed by atoms with Crippen LogP contribution < -0.4 is 10.1 Å². The number of nitrogens with one attached hydrogen (secondary N) is 1. The fraction of sp³-hybridized carbons (Fsp3) is 0.286. The summed E-state index contributed by atoms with van der Waals surface area (Å²) in [5, 5.41) is 3.21. The Morgan fingerprint density at radius 3 is 2.85 bits per heavy atom. The van der Waals surface area contributed by atoms with Gasteiger partial charge in [-0.25, -0.2) is 14.4 Å². The highest BCUT2D eigenvalue weighted by Gasteiger charge is 2.10. The van der Waals surface area contributed by atoms with E-state index in [1.807, 2.05) is 6.92 Å². The van der Waals surface area contributed by atoms with Crippen LogP contribution in [0.4, 0.5) is 10.2 Å². The molecule has 106 valence electrons. The van der Waals surface area contributed by atoms with Crippen molar-refractivity contribution >= 4 is 21.7 Å². The number of rotatable bonds is 5. The van der Waals surface area contributed by atoms with Gasteiger partial charge in [-0.15, -0.1) is 0 Å².